The zero-order valence-corrected chi connectivity index (χ0v) is 14.3. The Morgan fingerprint density at radius 3 is 2.67 bits per heavy atom. The highest BCUT2D eigenvalue weighted by Gasteiger charge is 2.12. The number of terminal acetylenes is 1. The first-order valence-corrected chi connectivity index (χ1v) is 7.44. The SMILES string of the molecule is C#CCOCc1c(C)nc2c(OCc3ccccc3)cccn12.Cl. The standard InChI is InChI=1S/C19H18N2O2.ClH/c1-3-12-22-14-17-15(2)20-19-18(10-7-11-21(17)19)23-13-16-8-5-4-6-9-16;/h1,4-11H,12-14H2,2H3;1H. The summed E-state index contributed by atoms with van der Waals surface area (Å²) < 4.78 is 13.4. The van der Waals surface area contributed by atoms with Crippen molar-refractivity contribution in [3.63, 3.8) is 0 Å². The fraction of sp³-hybridized carbons (Fsp3) is 0.211. The molecule has 5 heteroatoms. The van der Waals surface area contributed by atoms with E-state index >= 15 is 0 Å². The lowest BCUT2D eigenvalue weighted by molar-refractivity contribution is 0.149. The molecule has 3 rings (SSSR count). The van der Waals surface area contributed by atoms with Crippen LogP contribution in [-0.2, 0) is 18.0 Å². The van der Waals surface area contributed by atoms with Crippen molar-refractivity contribution in [2.24, 2.45) is 0 Å². The zero-order chi connectivity index (χ0) is 16.1. The number of benzene rings is 1. The number of ether oxygens (including phenoxy) is 2. The van der Waals surface area contributed by atoms with Gasteiger partial charge in [0.1, 0.15) is 13.2 Å². The van der Waals surface area contributed by atoms with Gasteiger partial charge in [0.15, 0.2) is 11.4 Å². The third kappa shape index (κ3) is 3.88. The van der Waals surface area contributed by atoms with E-state index in [0.29, 0.717) is 13.2 Å². The fourth-order valence-electron chi connectivity index (χ4n) is 2.43. The second kappa shape index (κ2) is 8.39. The van der Waals surface area contributed by atoms with Crippen molar-refractivity contribution < 1.29 is 9.47 Å². The summed E-state index contributed by atoms with van der Waals surface area (Å²) in [5.41, 5.74) is 3.81. The molecule has 0 saturated heterocycles. The van der Waals surface area contributed by atoms with Gasteiger partial charge < -0.3 is 9.47 Å². The molecule has 0 bridgehead atoms. The summed E-state index contributed by atoms with van der Waals surface area (Å²) in [7, 11) is 0. The molecule has 0 aliphatic heterocycles. The topological polar surface area (TPSA) is 35.8 Å². The van der Waals surface area contributed by atoms with Crippen LogP contribution in [0.4, 0.5) is 0 Å². The Bertz CT molecular complexity index is 838. The van der Waals surface area contributed by atoms with Crippen LogP contribution in [0.25, 0.3) is 5.65 Å². The smallest absolute Gasteiger partial charge is 0.180 e. The number of imidazole rings is 1. The van der Waals surface area contributed by atoms with E-state index in [1.54, 1.807) is 0 Å². The molecule has 2 heterocycles. The lowest BCUT2D eigenvalue weighted by Gasteiger charge is -2.08. The quantitative estimate of drug-likeness (QED) is 0.505. The minimum Gasteiger partial charge on any atom is -0.485 e. The van der Waals surface area contributed by atoms with Crippen LogP contribution >= 0.6 is 12.4 Å². The van der Waals surface area contributed by atoms with Crippen molar-refractivity contribution in [2.45, 2.75) is 20.1 Å². The molecule has 0 amide bonds. The van der Waals surface area contributed by atoms with Crippen molar-refractivity contribution in [3.8, 4) is 18.1 Å². The Balaban J connectivity index is 0.00000208. The van der Waals surface area contributed by atoms with E-state index in [4.69, 9.17) is 15.9 Å². The predicted molar refractivity (Wildman–Crippen MR) is 96.4 cm³/mol. The monoisotopic (exact) mass is 342 g/mol. The number of hydrogen-bond acceptors (Lipinski definition) is 3. The first-order valence-electron chi connectivity index (χ1n) is 7.44. The second-order valence-corrected chi connectivity index (χ2v) is 5.18. The molecule has 124 valence electrons. The number of aromatic nitrogens is 2. The summed E-state index contributed by atoms with van der Waals surface area (Å²) in [6.07, 6.45) is 7.18. The van der Waals surface area contributed by atoms with Gasteiger partial charge >= 0.3 is 0 Å². The zero-order valence-electron chi connectivity index (χ0n) is 13.4. The van der Waals surface area contributed by atoms with Gasteiger partial charge in [-0.25, -0.2) is 4.98 Å². The lowest BCUT2D eigenvalue weighted by Crippen LogP contribution is -2.01. The lowest BCUT2D eigenvalue weighted by atomic mass is 10.2. The fourth-order valence-corrected chi connectivity index (χ4v) is 2.43. The second-order valence-electron chi connectivity index (χ2n) is 5.18. The van der Waals surface area contributed by atoms with Gasteiger partial charge in [-0.1, -0.05) is 36.3 Å². The molecule has 2 aromatic heterocycles. The largest absolute Gasteiger partial charge is 0.485 e. The minimum atomic E-state index is 0. The number of aryl methyl sites for hydroxylation is 1. The van der Waals surface area contributed by atoms with Crippen molar-refractivity contribution in [2.75, 3.05) is 6.61 Å². The molecule has 24 heavy (non-hydrogen) atoms. The molecule has 0 aliphatic carbocycles. The highest BCUT2D eigenvalue weighted by atomic mass is 35.5. The first kappa shape index (κ1) is 17.9. The van der Waals surface area contributed by atoms with Gasteiger partial charge in [0.05, 0.1) is 18.0 Å². The number of pyridine rings is 1. The first-order chi connectivity index (χ1) is 11.3. The van der Waals surface area contributed by atoms with Crippen LogP contribution in [0, 0.1) is 19.3 Å². The van der Waals surface area contributed by atoms with Gasteiger partial charge in [0.2, 0.25) is 0 Å². The van der Waals surface area contributed by atoms with Crippen molar-refractivity contribution in [1.29, 1.82) is 0 Å². The van der Waals surface area contributed by atoms with E-state index in [1.807, 2.05) is 60.0 Å². The maximum absolute atomic E-state index is 5.94. The number of rotatable bonds is 6. The summed E-state index contributed by atoms with van der Waals surface area (Å²) in [5, 5.41) is 0. The Kier molecular flexibility index (Phi) is 6.25. The van der Waals surface area contributed by atoms with E-state index in [9.17, 15) is 0 Å². The van der Waals surface area contributed by atoms with Gasteiger partial charge in [-0.15, -0.1) is 18.8 Å². The average molecular weight is 343 g/mol. The summed E-state index contributed by atoms with van der Waals surface area (Å²) in [4.78, 5) is 4.61. The van der Waals surface area contributed by atoms with Gasteiger partial charge in [0, 0.05) is 6.20 Å². The van der Waals surface area contributed by atoms with Crippen molar-refractivity contribution in [3.05, 3.63) is 65.6 Å². The van der Waals surface area contributed by atoms with E-state index in [0.717, 1.165) is 28.3 Å². The molecule has 0 N–H and O–H groups in total. The highest BCUT2D eigenvalue weighted by Crippen LogP contribution is 2.23. The maximum Gasteiger partial charge on any atom is 0.180 e. The third-order valence-electron chi connectivity index (χ3n) is 3.57. The third-order valence-corrected chi connectivity index (χ3v) is 3.57. The Labute approximate surface area is 147 Å². The molecule has 0 fully saturated rings. The van der Waals surface area contributed by atoms with E-state index < -0.39 is 0 Å². The van der Waals surface area contributed by atoms with E-state index in [-0.39, 0.29) is 19.0 Å². The van der Waals surface area contributed by atoms with Gasteiger partial charge in [-0.05, 0) is 24.6 Å². The Hall–Kier alpha value is -2.48. The number of hydrogen-bond donors (Lipinski definition) is 0. The molecular formula is C19H19ClN2O2. The molecular weight excluding hydrogens is 324 g/mol. The predicted octanol–water partition coefficient (Wildman–Crippen LogP) is 3.79. The van der Waals surface area contributed by atoms with Crippen LogP contribution in [0.2, 0.25) is 0 Å². The van der Waals surface area contributed by atoms with Crippen molar-refractivity contribution >= 4 is 18.1 Å². The van der Waals surface area contributed by atoms with Gasteiger partial charge in [0.25, 0.3) is 0 Å². The van der Waals surface area contributed by atoms with Crippen LogP contribution in [0.5, 0.6) is 5.75 Å². The molecule has 4 nitrogen and oxygen atoms in total. The van der Waals surface area contributed by atoms with Crippen LogP contribution in [0.3, 0.4) is 0 Å². The number of nitrogens with zero attached hydrogens (tertiary/aromatic N) is 2. The molecule has 3 aromatic rings. The Morgan fingerprint density at radius 1 is 1.12 bits per heavy atom. The summed E-state index contributed by atoms with van der Waals surface area (Å²) in [6, 6.07) is 13.9. The Morgan fingerprint density at radius 2 is 1.92 bits per heavy atom. The molecule has 0 radical (unpaired) electrons. The van der Waals surface area contributed by atoms with Crippen LogP contribution in [0.15, 0.2) is 48.7 Å². The van der Waals surface area contributed by atoms with Gasteiger partial charge in [-0.2, -0.15) is 0 Å². The van der Waals surface area contributed by atoms with Crippen molar-refractivity contribution in [1.82, 2.24) is 9.38 Å². The molecule has 1 aromatic carbocycles. The molecule has 0 aliphatic rings. The minimum absolute atomic E-state index is 0. The van der Waals surface area contributed by atoms with Crippen LogP contribution in [-0.4, -0.2) is 16.0 Å². The molecule has 0 atom stereocenters. The number of halogens is 1. The van der Waals surface area contributed by atoms with E-state index in [2.05, 4.69) is 10.9 Å². The highest BCUT2D eigenvalue weighted by molar-refractivity contribution is 5.85. The van der Waals surface area contributed by atoms with Crippen LogP contribution < -0.4 is 4.74 Å². The molecule has 0 saturated carbocycles. The summed E-state index contributed by atoms with van der Waals surface area (Å²) in [6.45, 7) is 3.19. The van der Waals surface area contributed by atoms with E-state index in [1.165, 1.54) is 0 Å². The van der Waals surface area contributed by atoms with Crippen LogP contribution in [0.1, 0.15) is 17.0 Å². The maximum atomic E-state index is 5.94. The van der Waals surface area contributed by atoms with Gasteiger partial charge in [-0.3, -0.25) is 4.40 Å². The summed E-state index contributed by atoms with van der Waals surface area (Å²) in [5.74, 6) is 3.22. The molecule has 0 spiro atoms. The average Bonchev–Trinajstić information content (AvgIpc) is 2.90. The normalized spacial score (nSPS) is 10.2. The molecule has 0 unspecified atom stereocenters. The number of fused-ring (bicyclic) bond motifs is 1. The summed E-state index contributed by atoms with van der Waals surface area (Å²) >= 11 is 0.